The van der Waals surface area contributed by atoms with Crippen molar-refractivity contribution in [1.29, 1.82) is 0 Å². The van der Waals surface area contributed by atoms with Crippen molar-refractivity contribution in [2.24, 2.45) is 21.7 Å². The van der Waals surface area contributed by atoms with Crippen LogP contribution < -0.4 is 0 Å². The highest BCUT2D eigenvalue weighted by atomic mass is 19.3. The van der Waals surface area contributed by atoms with Gasteiger partial charge in [-0.05, 0) is 53.0 Å². The van der Waals surface area contributed by atoms with Crippen LogP contribution >= 0.6 is 0 Å². The molecule has 0 spiro atoms. The molecular weight excluding hydrogens is 726 g/mol. The van der Waals surface area contributed by atoms with Gasteiger partial charge in [-0.25, -0.2) is 28.0 Å². The SMILES string of the molecule is C=CC(=C)CCC(COC(=O)C=C)(COC(=O)C=C)COC(=O)C(C)(C)C(F)(F)C(C)(C)C(=O)OCC(CCC(=O)C=C)(COC(=O)C=C)COC(=O)C=C. The predicted molar refractivity (Wildman–Crippen MR) is 197 cm³/mol. The molecule has 15 heteroatoms. The zero-order chi connectivity index (χ0) is 42.7. The Morgan fingerprint density at radius 2 is 0.764 bits per heavy atom. The molecule has 0 fully saturated rings. The second-order valence-corrected chi connectivity index (χ2v) is 13.8. The first kappa shape index (κ1) is 49.5. The Bertz CT molecular complexity index is 1290. The van der Waals surface area contributed by atoms with Crippen LogP contribution in [0.25, 0.3) is 0 Å². The Balaban J connectivity index is 6.62. The summed E-state index contributed by atoms with van der Waals surface area (Å²) in [4.78, 5) is 87.1. The first-order valence-corrected chi connectivity index (χ1v) is 16.8. The minimum Gasteiger partial charge on any atom is -0.464 e. The average Bonchev–Trinajstić information content (AvgIpc) is 3.17. The van der Waals surface area contributed by atoms with Gasteiger partial charge in [0, 0.05) is 30.7 Å². The van der Waals surface area contributed by atoms with Gasteiger partial charge in [0.1, 0.15) is 50.5 Å². The topological polar surface area (TPSA) is 175 Å². The number of ketones is 1. The van der Waals surface area contributed by atoms with Crippen LogP contribution in [-0.2, 0) is 62.0 Å². The molecule has 0 aliphatic rings. The highest BCUT2D eigenvalue weighted by Gasteiger charge is 2.65. The van der Waals surface area contributed by atoms with E-state index in [0.717, 1.165) is 58.1 Å². The largest absolute Gasteiger partial charge is 0.464 e. The second-order valence-electron chi connectivity index (χ2n) is 13.8. The summed E-state index contributed by atoms with van der Waals surface area (Å²) in [5.41, 5.74) is -8.07. The molecule has 304 valence electrons. The lowest BCUT2D eigenvalue weighted by molar-refractivity contribution is -0.222. The number of halogens is 2. The summed E-state index contributed by atoms with van der Waals surface area (Å²) in [6, 6.07) is 0. The van der Waals surface area contributed by atoms with Crippen LogP contribution in [0.5, 0.6) is 0 Å². The van der Waals surface area contributed by atoms with Crippen LogP contribution in [0.15, 0.2) is 88.1 Å². The summed E-state index contributed by atoms with van der Waals surface area (Å²) in [5, 5.41) is 0. The highest BCUT2D eigenvalue weighted by molar-refractivity contribution is 5.89. The Labute approximate surface area is 320 Å². The number of hydrogen-bond acceptors (Lipinski definition) is 13. The minimum atomic E-state index is -4.22. The maximum Gasteiger partial charge on any atom is 0.330 e. The van der Waals surface area contributed by atoms with E-state index in [1.165, 1.54) is 6.08 Å². The van der Waals surface area contributed by atoms with Crippen LogP contribution in [-0.4, -0.2) is 87.2 Å². The molecule has 0 aromatic rings. The third kappa shape index (κ3) is 14.7. The number of alkyl halides is 2. The molecule has 0 aliphatic carbocycles. The van der Waals surface area contributed by atoms with E-state index < -0.39 is 109 Å². The van der Waals surface area contributed by atoms with Gasteiger partial charge in [0.25, 0.3) is 5.92 Å². The van der Waals surface area contributed by atoms with E-state index in [1.807, 2.05) is 0 Å². The number of allylic oxidation sites excluding steroid dienone is 3. The summed E-state index contributed by atoms with van der Waals surface area (Å²) < 4.78 is 64.5. The molecule has 0 aliphatic heterocycles. The highest BCUT2D eigenvalue weighted by Crippen LogP contribution is 2.50. The quantitative estimate of drug-likeness (QED) is 0.0409. The summed E-state index contributed by atoms with van der Waals surface area (Å²) in [7, 11) is 0. The average molecular weight is 779 g/mol. The molecule has 0 unspecified atom stereocenters. The normalized spacial score (nSPS) is 11.7. The van der Waals surface area contributed by atoms with Crippen LogP contribution in [0.4, 0.5) is 8.78 Å². The number of carbonyl (C=O) groups is 7. The van der Waals surface area contributed by atoms with Crippen molar-refractivity contribution < 1.29 is 70.8 Å². The van der Waals surface area contributed by atoms with Crippen molar-refractivity contribution in [2.45, 2.75) is 59.3 Å². The molecule has 55 heavy (non-hydrogen) atoms. The van der Waals surface area contributed by atoms with Crippen molar-refractivity contribution >= 4 is 41.6 Å². The standard InChI is InChI=1S/C40H52F2O13/c1-12-28(7)18-20-38(22-50-30(44)14-3,23-51-31(45)15-4)26-54-34(48)36(8,9)40(41,42)37(10,11)35(49)55-27-39(21-19-29(43)13-2,24-52-32(46)16-5)25-53-33(47)17-6/h12-17H,1-7,18-27H2,8-11H3. The van der Waals surface area contributed by atoms with E-state index in [-0.39, 0.29) is 25.7 Å². The Morgan fingerprint density at radius 1 is 0.473 bits per heavy atom. The summed E-state index contributed by atoms with van der Waals surface area (Å²) >= 11 is 0. The van der Waals surface area contributed by atoms with E-state index in [9.17, 15) is 33.6 Å². The third-order valence-corrected chi connectivity index (χ3v) is 8.75. The van der Waals surface area contributed by atoms with E-state index >= 15 is 8.78 Å². The van der Waals surface area contributed by atoms with Crippen molar-refractivity contribution in [3.63, 3.8) is 0 Å². The fraction of sp³-hybridized carbons (Fsp3) is 0.475. The van der Waals surface area contributed by atoms with Crippen molar-refractivity contribution in [1.82, 2.24) is 0 Å². The van der Waals surface area contributed by atoms with Gasteiger partial charge >= 0.3 is 35.8 Å². The van der Waals surface area contributed by atoms with Crippen LogP contribution in [0.2, 0.25) is 0 Å². The zero-order valence-corrected chi connectivity index (χ0v) is 32.0. The molecule has 0 aromatic heterocycles. The molecule has 0 heterocycles. The summed E-state index contributed by atoms with van der Waals surface area (Å²) in [6.45, 7) is 23.7. The van der Waals surface area contributed by atoms with Crippen LogP contribution in [0.1, 0.15) is 53.4 Å². The zero-order valence-electron chi connectivity index (χ0n) is 32.0. The molecule has 0 radical (unpaired) electrons. The Kier molecular flexibility index (Phi) is 19.8. The number of hydrogen-bond donors (Lipinski definition) is 0. The molecular formula is C40H52F2O13. The molecule has 0 bridgehead atoms. The Morgan fingerprint density at radius 3 is 1.04 bits per heavy atom. The maximum absolute atomic E-state index is 16.5. The van der Waals surface area contributed by atoms with Gasteiger partial charge in [-0.2, -0.15) is 0 Å². The fourth-order valence-corrected chi connectivity index (χ4v) is 4.67. The monoisotopic (exact) mass is 778 g/mol. The molecule has 0 saturated carbocycles. The van der Waals surface area contributed by atoms with E-state index in [1.54, 1.807) is 0 Å². The van der Waals surface area contributed by atoms with Crippen molar-refractivity contribution in [2.75, 3.05) is 39.6 Å². The van der Waals surface area contributed by atoms with E-state index in [4.69, 9.17) is 28.4 Å². The summed E-state index contributed by atoms with van der Waals surface area (Å²) in [6.07, 6.45) is 5.57. The van der Waals surface area contributed by atoms with Gasteiger partial charge in [0.2, 0.25) is 0 Å². The number of esters is 6. The van der Waals surface area contributed by atoms with Gasteiger partial charge in [0.15, 0.2) is 5.78 Å². The van der Waals surface area contributed by atoms with Gasteiger partial charge in [-0.1, -0.05) is 57.7 Å². The molecule has 0 aromatic carbocycles. The lowest BCUT2D eigenvalue weighted by atomic mass is 9.70. The maximum atomic E-state index is 16.5. The number of carbonyl (C=O) groups excluding carboxylic acids is 7. The predicted octanol–water partition coefficient (Wildman–Crippen LogP) is 5.71. The Hall–Kier alpha value is -5.47. The first-order valence-electron chi connectivity index (χ1n) is 16.8. The number of rotatable bonds is 28. The molecule has 0 atom stereocenters. The molecule has 0 amide bonds. The van der Waals surface area contributed by atoms with E-state index in [0.29, 0.717) is 5.57 Å². The second kappa shape index (κ2) is 22.0. The minimum absolute atomic E-state index is 0.0129. The molecule has 13 nitrogen and oxygen atoms in total. The van der Waals surface area contributed by atoms with Gasteiger partial charge < -0.3 is 28.4 Å². The van der Waals surface area contributed by atoms with Gasteiger partial charge in [0.05, 0.1) is 10.8 Å². The summed E-state index contributed by atoms with van der Waals surface area (Å²) in [5.74, 6) is -11.3. The van der Waals surface area contributed by atoms with Crippen molar-refractivity contribution in [3.05, 3.63) is 88.1 Å². The van der Waals surface area contributed by atoms with Crippen LogP contribution in [0.3, 0.4) is 0 Å². The van der Waals surface area contributed by atoms with Crippen molar-refractivity contribution in [3.8, 4) is 0 Å². The first-order chi connectivity index (χ1) is 25.5. The van der Waals surface area contributed by atoms with Gasteiger partial charge in [-0.3, -0.25) is 14.4 Å². The van der Waals surface area contributed by atoms with E-state index in [2.05, 4.69) is 46.1 Å². The smallest absolute Gasteiger partial charge is 0.330 e. The third-order valence-electron chi connectivity index (χ3n) is 8.75. The molecule has 0 saturated heterocycles. The number of ether oxygens (including phenoxy) is 6. The molecule has 0 N–H and O–H groups in total. The molecule has 0 rings (SSSR count). The van der Waals surface area contributed by atoms with Gasteiger partial charge in [-0.15, -0.1) is 0 Å². The fourth-order valence-electron chi connectivity index (χ4n) is 4.67. The lowest BCUT2D eigenvalue weighted by Gasteiger charge is -2.42. The van der Waals surface area contributed by atoms with Crippen LogP contribution in [0, 0.1) is 21.7 Å². The lowest BCUT2D eigenvalue weighted by Crippen LogP contribution is -2.57.